The zero-order valence-corrected chi connectivity index (χ0v) is 15.3. The fourth-order valence-electron chi connectivity index (χ4n) is 1.95. The van der Waals surface area contributed by atoms with Crippen LogP contribution in [0.25, 0.3) is 0 Å². The molecular formula is C17H17F2IN4. The Morgan fingerprint density at radius 3 is 2.33 bits per heavy atom. The van der Waals surface area contributed by atoms with Gasteiger partial charge >= 0.3 is 0 Å². The number of nitriles is 1. The lowest BCUT2D eigenvalue weighted by atomic mass is 10.1. The molecule has 7 heteroatoms. The lowest BCUT2D eigenvalue weighted by molar-refractivity contribution is 0.604. The second-order valence-electron chi connectivity index (χ2n) is 4.82. The molecule has 0 aliphatic rings. The molecule has 2 aromatic rings. The molecule has 0 amide bonds. The number of hydrogen-bond acceptors (Lipinski definition) is 2. The van der Waals surface area contributed by atoms with E-state index < -0.39 is 5.82 Å². The quantitative estimate of drug-likeness (QED) is 0.434. The molecule has 2 aromatic carbocycles. The number of nitrogens with one attached hydrogen (secondary N) is 2. The van der Waals surface area contributed by atoms with E-state index in [1.807, 2.05) is 6.07 Å². The van der Waals surface area contributed by atoms with Crippen molar-refractivity contribution < 1.29 is 8.78 Å². The standard InChI is InChI=1S/C17H16F2N4.HI/c1-21-17(22-10-12-3-6-15(18)7-4-12)23-11-14-5-2-13(9-20)8-16(14)19;/h2-8H,10-11H2,1H3,(H2,21,22,23);1H. The molecule has 0 atom stereocenters. The summed E-state index contributed by atoms with van der Waals surface area (Å²) in [6, 6.07) is 12.3. The van der Waals surface area contributed by atoms with Gasteiger partial charge in [-0.1, -0.05) is 18.2 Å². The molecule has 2 N–H and O–H groups in total. The molecule has 126 valence electrons. The van der Waals surface area contributed by atoms with Crippen LogP contribution in [0.5, 0.6) is 0 Å². The average molecular weight is 442 g/mol. The van der Waals surface area contributed by atoms with E-state index in [1.165, 1.54) is 18.2 Å². The molecule has 0 fully saturated rings. The first-order valence-electron chi connectivity index (χ1n) is 7.00. The van der Waals surface area contributed by atoms with E-state index in [-0.39, 0.29) is 41.9 Å². The van der Waals surface area contributed by atoms with Gasteiger partial charge in [0.15, 0.2) is 5.96 Å². The summed E-state index contributed by atoms with van der Waals surface area (Å²) in [6.45, 7) is 0.705. The molecule has 0 saturated carbocycles. The van der Waals surface area contributed by atoms with Crippen LogP contribution in [0.2, 0.25) is 0 Å². The van der Waals surface area contributed by atoms with E-state index in [4.69, 9.17) is 5.26 Å². The predicted molar refractivity (Wildman–Crippen MR) is 100.0 cm³/mol. The lowest BCUT2D eigenvalue weighted by Gasteiger charge is -2.12. The molecule has 24 heavy (non-hydrogen) atoms. The van der Waals surface area contributed by atoms with Crippen molar-refractivity contribution in [1.29, 1.82) is 5.26 Å². The first-order valence-corrected chi connectivity index (χ1v) is 7.00. The van der Waals surface area contributed by atoms with Crippen molar-refractivity contribution in [3.63, 3.8) is 0 Å². The number of benzene rings is 2. The summed E-state index contributed by atoms with van der Waals surface area (Å²) in [6.07, 6.45) is 0. The molecule has 0 aliphatic carbocycles. The van der Waals surface area contributed by atoms with Crippen LogP contribution in [0, 0.1) is 23.0 Å². The van der Waals surface area contributed by atoms with Crippen LogP contribution in [0.1, 0.15) is 16.7 Å². The molecule has 0 saturated heterocycles. The minimum Gasteiger partial charge on any atom is -0.352 e. The number of hydrogen-bond donors (Lipinski definition) is 2. The van der Waals surface area contributed by atoms with Crippen molar-refractivity contribution in [3.05, 3.63) is 70.8 Å². The van der Waals surface area contributed by atoms with Gasteiger partial charge in [0.2, 0.25) is 0 Å². The van der Waals surface area contributed by atoms with Gasteiger partial charge in [-0.25, -0.2) is 8.78 Å². The summed E-state index contributed by atoms with van der Waals surface area (Å²) in [5.41, 5.74) is 1.62. The molecule has 0 radical (unpaired) electrons. The summed E-state index contributed by atoms with van der Waals surface area (Å²) >= 11 is 0. The van der Waals surface area contributed by atoms with Crippen LogP contribution in [0.4, 0.5) is 8.78 Å². The van der Waals surface area contributed by atoms with Gasteiger partial charge < -0.3 is 10.6 Å². The molecule has 0 heterocycles. The van der Waals surface area contributed by atoms with E-state index in [0.717, 1.165) is 5.56 Å². The van der Waals surface area contributed by atoms with Gasteiger partial charge in [-0.15, -0.1) is 24.0 Å². The molecule has 2 rings (SSSR count). The van der Waals surface area contributed by atoms with Crippen LogP contribution in [-0.4, -0.2) is 13.0 Å². The van der Waals surface area contributed by atoms with Crippen LogP contribution < -0.4 is 10.6 Å². The van der Waals surface area contributed by atoms with Crippen LogP contribution in [-0.2, 0) is 13.1 Å². The smallest absolute Gasteiger partial charge is 0.191 e. The highest BCUT2D eigenvalue weighted by Gasteiger charge is 2.05. The van der Waals surface area contributed by atoms with Crippen LogP contribution >= 0.6 is 24.0 Å². The van der Waals surface area contributed by atoms with Crippen molar-refractivity contribution in [1.82, 2.24) is 10.6 Å². The number of halogens is 3. The molecule has 0 unspecified atom stereocenters. The van der Waals surface area contributed by atoms with Gasteiger partial charge in [0.1, 0.15) is 11.6 Å². The largest absolute Gasteiger partial charge is 0.352 e. The second-order valence-corrected chi connectivity index (χ2v) is 4.82. The van der Waals surface area contributed by atoms with E-state index in [9.17, 15) is 8.78 Å². The Morgan fingerprint density at radius 1 is 1.08 bits per heavy atom. The van der Waals surface area contributed by atoms with E-state index >= 15 is 0 Å². The Bertz CT molecular complexity index is 739. The first kappa shape index (κ1) is 19.8. The summed E-state index contributed by atoms with van der Waals surface area (Å²) in [4.78, 5) is 4.04. The number of aliphatic imine (C=N–C) groups is 1. The number of guanidine groups is 1. The lowest BCUT2D eigenvalue weighted by Crippen LogP contribution is -2.36. The summed E-state index contributed by atoms with van der Waals surface area (Å²) in [5, 5.41) is 14.8. The Kier molecular flexibility index (Phi) is 8.12. The number of nitrogens with zero attached hydrogens (tertiary/aromatic N) is 2. The predicted octanol–water partition coefficient (Wildman–Crippen LogP) is 3.32. The highest BCUT2D eigenvalue weighted by Crippen LogP contribution is 2.09. The third-order valence-corrected chi connectivity index (χ3v) is 3.23. The van der Waals surface area contributed by atoms with Gasteiger partial charge in [0.05, 0.1) is 11.6 Å². The van der Waals surface area contributed by atoms with Gasteiger partial charge in [0, 0.05) is 25.7 Å². The minimum absolute atomic E-state index is 0. The third kappa shape index (κ3) is 5.77. The Morgan fingerprint density at radius 2 is 1.75 bits per heavy atom. The van der Waals surface area contributed by atoms with E-state index in [2.05, 4.69) is 15.6 Å². The van der Waals surface area contributed by atoms with E-state index in [1.54, 1.807) is 31.3 Å². The Hall–Kier alpha value is -2.21. The summed E-state index contributed by atoms with van der Waals surface area (Å²) in [5.74, 6) is -0.226. The van der Waals surface area contributed by atoms with Crippen molar-refractivity contribution >= 4 is 29.9 Å². The zero-order valence-electron chi connectivity index (χ0n) is 13.0. The molecule has 0 aliphatic heterocycles. The van der Waals surface area contributed by atoms with Crippen molar-refractivity contribution in [2.75, 3.05) is 7.05 Å². The summed E-state index contributed by atoms with van der Waals surface area (Å²) < 4.78 is 26.6. The minimum atomic E-state index is -0.439. The molecule has 0 aromatic heterocycles. The third-order valence-electron chi connectivity index (χ3n) is 3.23. The zero-order chi connectivity index (χ0) is 16.7. The molecule has 0 bridgehead atoms. The van der Waals surface area contributed by atoms with Gasteiger partial charge in [-0.05, 0) is 29.8 Å². The second kappa shape index (κ2) is 9.82. The van der Waals surface area contributed by atoms with Gasteiger partial charge in [-0.3, -0.25) is 4.99 Å². The fourth-order valence-corrected chi connectivity index (χ4v) is 1.95. The molecular weight excluding hydrogens is 425 g/mol. The van der Waals surface area contributed by atoms with Crippen molar-refractivity contribution in [2.45, 2.75) is 13.1 Å². The Balaban J connectivity index is 0.00000288. The first-order chi connectivity index (χ1) is 11.1. The number of rotatable bonds is 4. The highest BCUT2D eigenvalue weighted by molar-refractivity contribution is 14.0. The normalized spacial score (nSPS) is 10.5. The maximum absolute atomic E-state index is 13.8. The monoisotopic (exact) mass is 442 g/mol. The van der Waals surface area contributed by atoms with Gasteiger partial charge in [-0.2, -0.15) is 5.26 Å². The average Bonchev–Trinajstić information content (AvgIpc) is 2.57. The van der Waals surface area contributed by atoms with Crippen LogP contribution in [0.3, 0.4) is 0 Å². The van der Waals surface area contributed by atoms with Crippen molar-refractivity contribution in [2.24, 2.45) is 4.99 Å². The molecule has 0 spiro atoms. The SMILES string of the molecule is CN=C(NCc1ccc(F)cc1)NCc1ccc(C#N)cc1F.I. The summed E-state index contributed by atoms with van der Waals surface area (Å²) in [7, 11) is 1.61. The van der Waals surface area contributed by atoms with Gasteiger partial charge in [0.25, 0.3) is 0 Å². The maximum atomic E-state index is 13.8. The Labute approximate surface area is 156 Å². The fraction of sp³-hybridized carbons (Fsp3) is 0.176. The van der Waals surface area contributed by atoms with Crippen molar-refractivity contribution in [3.8, 4) is 6.07 Å². The van der Waals surface area contributed by atoms with E-state index in [0.29, 0.717) is 18.1 Å². The molecule has 4 nitrogen and oxygen atoms in total. The topological polar surface area (TPSA) is 60.2 Å². The maximum Gasteiger partial charge on any atom is 0.191 e. The highest BCUT2D eigenvalue weighted by atomic mass is 127. The van der Waals surface area contributed by atoms with Crippen LogP contribution in [0.15, 0.2) is 47.5 Å².